The van der Waals surface area contributed by atoms with E-state index in [0.717, 1.165) is 16.3 Å². The molecule has 0 spiro atoms. The van der Waals surface area contributed by atoms with Gasteiger partial charge in [-0.05, 0) is 17.7 Å². The first-order valence-corrected chi connectivity index (χ1v) is 5.76. The number of hydrogen-bond acceptors (Lipinski definition) is 2. The van der Waals surface area contributed by atoms with Crippen LogP contribution in [0.4, 0.5) is 0 Å². The van der Waals surface area contributed by atoms with Crippen molar-refractivity contribution in [3.63, 3.8) is 0 Å². The van der Waals surface area contributed by atoms with Gasteiger partial charge >= 0.3 is 0 Å². The number of carbonyl (C=O) groups is 1. The van der Waals surface area contributed by atoms with Crippen molar-refractivity contribution in [3.8, 4) is 0 Å². The topological polar surface area (TPSA) is 26.3 Å². The smallest absolute Gasteiger partial charge is 0.166 e. The van der Waals surface area contributed by atoms with Crippen LogP contribution in [0, 0.1) is 0 Å². The molecule has 1 unspecified atom stereocenters. The Kier molecular flexibility index (Phi) is 3.55. The number of methoxy groups -OCH3 is 1. The Morgan fingerprint density at radius 1 is 1.18 bits per heavy atom. The van der Waals surface area contributed by atoms with Crippen LogP contribution < -0.4 is 0 Å². The molecule has 2 aromatic carbocycles. The van der Waals surface area contributed by atoms with E-state index in [9.17, 15) is 4.79 Å². The van der Waals surface area contributed by atoms with E-state index in [0.29, 0.717) is 6.42 Å². The summed E-state index contributed by atoms with van der Waals surface area (Å²) in [7, 11) is 1.63. The highest BCUT2D eigenvalue weighted by atomic mass is 16.5. The third kappa shape index (κ3) is 2.53. The summed E-state index contributed by atoms with van der Waals surface area (Å²) in [5.74, 6) is 0.135. The third-order valence-corrected chi connectivity index (χ3v) is 2.97. The molecule has 0 amide bonds. The number of ether oxygens (including phenoxy) is 1. The van der Waals surface area contributed by atoms with Gasteiger partial charge in [0.15, 0.2) is 5.78 Å². The molecule has 0 radical (unpaired) electrons. The Labute approximate surface area is 101 Å². The standard InChI is InChI=1S/C15H16O2/c1-11(17-2)10-15(16)14-9-5-7-12-6-3-4-8-13(12)14/h3-9,11H,10H2,1-2H3. The maximum atomic E-state index is 12.1. The average Bonchev–Trinajstić information content (AvgIpc) is 2.37. The Hall–Kier alpha value is -1.67. The normalized spacial score (nSPS) is 12.6. The van der Waals surface area contributed by atoms with E-state index in [1.807, 2.05) is 49.4 Å². The molecule has 0 heterocycles. The van der Waals surface area contributed by atoms with E-state index >= 15 is 0 Å². The van der Waals surface area contributed by atoms with Crippen LogP contribution in [0.1, 0.15) is 23.7 Å². The molecule has 2 nitrogen and oxygen atoms in total. The molecule has 17 heavy (non-hydrogen) atoms. The summed E-state index contributed by atoms with van der Waals surface area (Å²) in [6.07, 6.45) is 0.381. The van der Waals surface area contributed by atoms with Crippen molar-refractivity contribution >= 4 is 16.6 Å². The van der Waals surface area contributed by atoms with Crippen LogP contribution in [-0.2, 0) is 4.74 Å². The lowest BCUT2D eigenvalue weighted by Crippen LogP contribution is -2.12. The molecule has 88 valence electrons. The van der Waals surface area contributed by atoms with Crippen molar-refractivity contribution in [2.75, 3.05) is 7.11 Å². The summed E-state index contributed by atoms with van der Waals surface area (Å²) in [5, 5.41) is 2.12. The number of fused-ring (bicyclic) bond motifs is 1. The fourth-order valence-electron chi connectivity index (χ4n) is 1.92. The fraction of sp³-hybridized carbons (Fsp3) is 0.267. The van der Waals surface area contributed by atoms with Crippen LogP contribution in [0.5, 0.6) is 0 Å². The molecule has 0 aromatic heterocycles. The molecule has 2 heteroatoms. The highest BCUT2D eigenvalue weighted by molar-refractivity contribution is 6.08. The summed E-state index contributed by atoms with van der Waals surface area (Å²) in [4.78, 5) is 12.1. The first-order chi connectivity index (χ1) is 8.22. The van der Waals surface area contributed by atoms with Gasteiger partial charge in [-0.25, -0.2) is 0 Å². The highest BCUT2D eigenvalue weighted by Crippen LogP contribution is 2.20. The fourth-order valence-corrected chi connectivity index (χ4v) is 1.92. The molecule has 0 aliphatic heterocycles. The Bertz CT molecular complexity index is 526. The van der Waals surface area contributed by atoms with Gasteiger partial charge in [0.2, 0.25) is 0 Å². The van der Waals surface area contributed by atoms with E-state index < -0.39 is 0 Å². The molecule has 0 saturated heterocycles. The second-order valence-corrected chi connectivity index (χ2v) is 4.20. The van der Waals surface area contributed by atoms with Gasteiger partial charge in [-0.2, -0.15) is 0 Å². The predicted octanol–water partition coefficient (Wildman–Crippen LogP) is 3.45. The van der Waals surface area contributed by atoms with E-state index in [2.05, 4.69) is 0 Å². The van der Waals surface area contributed by atoms with E-state index in [1.165, 1.54) is 0 Å². The lowest BCUT2D eigenvalue weighted by molar-refractivity contribution is 0.0793. The number of Topliss-reactive ketones (excluding diaryl/α,β-unsaturated/α-hetero) is 1. The third-order valence-electron chi connectivity index (χ3n) is 2.97. The van der Waals surface area contributed by atoms with Gasteiger partial charge in [-0.1, -0.05) is 42.5 Å². The van der Waals surface area contributed by atoms with Gasteiger partial charge < -0.3 is 4.74 Å². The molecule has 0 fully saturated rings. The Balaban J connectivity index is 2.38. The summed E-state index contributed by atoms with van der Waals surface area (Å²) < 4.78 is 5.13. The van der Waals surface area contributed by atoms with Crippen LogP contribution in [-0.4, -0.2) is 19.0 Å². The molecule has 0 aliphatic rings. The second-order valence-electron chi connectivity index (χ2n) is 4.20. The summed E-state index contributed by atoms with van der Waals surface area (Å²) >= 11 is 0. The molecule has 2 aromatic rings. The zero-order valence-corrected chi connectivity index (χ0v) is 10.1. The molecular weight excluding hydrogens is 212 g/mol. The van der Waals surface area contributed by atoms with Crippen LogP contribution in [0.2, 0.25) is 0 Å². The Morgan fingerprint density at radius 3 is 2.65 bits per heavy atom. The molecule has 2 rings (SSSR count). The highest BCUT2D eigenvalue weighted by Gasteiger charge is 2.12. The minimum absolute atomic E-state index is 0.0403. The summed E-state index contributed by atoms with van der Waals surface area (Å²) in [5.41, 5.74) is 0.784. The summed E-state index contributed by atoms with van der Waals surface area (Å²) in [6.45, 7) is 1.91. The minimum Gasteiger partial charge on any atom is -0.381 e. The average molecular weight is 228 g/mol. The molecular formula is C15H16O2. The van der Waals surface area contributed by atoms with Crippen molar-refractivity contribution in [1.82, 2.24) is 0 Å². The number of hydrogen-bond donors (Lipinski definition) is 0. The Morgan fingerprint density at radius 2 is 1.88 bits per heavy atom. The van der Waals surface area contributed by atoms with E-state index in [1.54, 1.807) is 7.11 Å². The molecule has 0 N–H and O–H groups in total. The van der Waals surface area contributed by atoms with Crippen molar-refractivity contribution in [3.05, 3.63) is 48.0 Å². The van der Waals surface area contributed by atoms with Crippen LogP contribution >= 0.6 is 0 Å². The van der Waals surface area contributed by atoms with Gasteiger partial charge in [0.05, 0.1) is 6.10 Å². The zero-order chi connectivity index (χ0) is 12.3. The molecule has 0 bridgehead atoms. The number of benzene rings is 2. The van der Waals surface area contributed by atoms with Crippen LogP contribution in [0.15, 0.2) is 42.5 Å². The minimum atomic E-state index is -0.0403. The maximum Gasteiger partial charge on any atom is 0.166 e. The number of rotatable bonds is 4. The molecule has 0 aliphatic carbocycles. The summed E-state index contributed by atoms with van der Waals surface area (Å²) in [6, 6.07) is 13.8. The van der Waals surface area contributed by atoms with Gasteiger partial charge in [-0.3, -0.25) is 4.79 Å². The lowest BCUT2D eigenvalue weighted by atomic mass is 9.99. The van der Waals surface area contributed by atoms with Crippen molar-refractivity contribution in [2.45, 2.75) is 19.4 Å². The van der Waals surface area contributed by atoms with Crippen LogP contribution in [0.25, 0.3) is 10.8 Å². The van der Waals surface area contributed by atoms with Crippen molar-refractivity contribution in [1.29, 1.82) is 0 Å². The van der Waals surface area contributed by atoms with Gasteiger partial charge in [0.1, 0.15) is 0 Å². The largest absolute Gasteiger partial charge is 0.381 e. The first kappa shape index (κ1) is 11.8. The number of ketones is 1. The zero-order valence-electron chi connectivity index (χ0n) is 10.1. The van der Waals surface area contributed by atoms with Gasteiger partial charge in [-0.15, -0.1) is 0 Å². The van der Waals surface area contributed by atoms with Crippen molar-refractivity contribution in [2.24, 2.45) is 0 Å². The van der Waals surface area contributed by atoms with Gasteiger partial charge in [0, 0.05) is 19.1 Å². The first-order valence-electron chi connectivity index (χ1n) is 5.76. The quantitative estimate of drug-likeness (QED) is 0.749. The van der Waals surface area contributed by atoms with Crippen LogP contribution in [0.3, 0.4) is 0 Å². The number of carbonyl (C=O) groups excluding carboxylic acids is 1. The maximum absolute atomic E-state index is 12.1. The SMILES string of the molecule is COC(C)CC(=O)c1cccc2ccccc12. The van der Waals surface area contributed by atoms with E-state index in [4.69, 9.17) is 4.74 Å². The molecule has 0 saturated carbocycles. The van der Waals surface area contributed by atoms with E-state index in [-0.39, 0.29) is 11.9 Å². The second kappa shape index (κ2) is 5.11. The lowest BCUT2D eigenvalue weighted by Gasteiger charge is -2.10. The van der Waals surface area contributed by atoms with Gasteiger partial charge in [0.25, 0.3) is 0 Å². The van der Waals surface area contributed by atoms with Crippen molar-refractivity contribution < 1.29 is 9.53 Å². The molecule has 1 atom stereocenters. The monoisotopic (exact) mass is 228 g/mol. The predicted molar refractivity (Wildman–Crippen MR) is 69.4 cm³/mol.